The number of aromatic nitrogens is 6. The van der Waals surface area contributed by atoms with E-state index in [0.717, 1.165) is 38.9 Å². The molecule has 0 aromatic carbocycles. The second kappa shape index (κ2) is 4.79. The quantitative estimate of drug-likeness (QED) is 0.544. The van der Waals surface area contributed by atoms with Crippen molar-refractivity contribution < 1.29 is 0 Å². The number of nitrogens with zero attached hydrogens (tertiary/aromatic N) is 5. The molecule has 0 unspecified atom stereocenters. The van der Waals surface area contributed by atoms with Crippen molar-refractivity contribution in [3.63, 3.8) is 0 Å². The first-order valence-electron chi connectivity index (χ1n) is 7.67. The standard InChI is InChI=1S/C18H14N6/c1-23-10-14(8-22-23)13-6-15-16(9-21-18(15)20-7-13)12-2-3-17-19-4-5-24(17)11-12/h2-11H,1H3,(H,20,21). The number of aryl methyl sites for hydroxylation is 1. The van der Waals surface area contributed by atoms with Gasteiger partial charge in [-0.3, -0.25) is 4.68 Å². The highest BCUT2D eigenvalue weighted by atomic mass is 15.2. The lowest BCUT2D eigenvalue weighted by molar-refractivity contribution is 0.768. The van der Waals surface area contributed by atoms with Gasteiger partial charge in [0.1, 0.15) is 11.3 Å². The van der Waals surface area contributed by atoms with Crippen LogP contribution in [-0.4, -0.2) is 29.1 Å². The van der Waals surface area contributed by atoms with Gasteiger partial charge in [-0.2, -0.15) is 5.10 Å². The summed E-state index contributed by atoms with van der Waals surface area (Å²) in [5.74, 6) is 0. The summed E-state index contributed by atoms with van der Waals surface area (Å²) in [6.45, 7) is 0. The maximum atomic E-state index is 4.55. The number of pyridine rings is 2. The minimum atomic E-state index is 0.878. The van der Waals surface area contributed by atoms with Crippen LogP contribution < -0.4 is 0 Å². The molecule has 5 rings (SSSR count). The average molecular weight is 314 g/mol. The first-order valence-corrected chi connectivity index (χ1v) is 7.67. The molecule has 0 fully saturated rings. The van der Waals surface area contributed by atoms with Crippen molar-refractivity contribution in [3.05, 3.63) is 61.6 Å². The number of hydrogen-bond acceptors (Lipinski definition) is 3. The van der Waals surface area contributed by atoms with E-state index in [1.807, 2.05) is 48.5 Å². The molecule has 0 aliphatic rings. The fraction of sp³-hybridized carbons (Fsp3) is 0.0556. The Morgan fingerprint density at radius 2 is 1.96 bits per heavy atom. The van der Waals surface area contributed by atoms with Crippen LogP contribution in [0.2, 0.25) is 0 Å². The highest BCUT2D eigenvalue weighted by molar-refractivity contribution is 5.95. The van der Waals surface area contributed by atoms with Gasteiger partial charge in [0.15, 0.2) is 0 Å². The van der Waals surface area contributed by atoms with Gasteiger partial charge in [0.05, 0.1) is 6.20 Å². The lowest BCUT2D eigenvalue weighted by atomic mass is 10.1. The molecule has 5 heterocycles. The van der Waals surface area contributed by atoms with Crippen LogP contribution in [0, 0.1) is 0 Å². The Labute approximate surface area is 137 Å². The molecule has 0 atom stereocenters. The molecule has 0 spiro atoms. The number of nitrogens with one attached hydrogen (secondary N) is 1. The molecule has 5 aromatic rings. The minimum absolute atomic E-state index is 0.878. The molecule has 116 valence electrons. The molecule has 1 N–H and O–H groups in total. The van der Waals surface area contributed by atoms with E-state index >= 15 is 0 Å². The average Bonchev–Trinajstić information content (AvgIpc) is 3.32. The maximum absolute atomic E-state index is 4.55. The van der Waals surface area contributed by atoms with Gasteiger partial charge in [-0.05, 0) is 18.2 Å². The van der Waals surface area contributed by atoms with Crippen molar-refractivity contribution in [1.29, 1.82) is 0 Å². The lowest BCUT2D eigenvalue weighted by Gasteiger charge is -2.03. The summed E-state index contributed by atoms with van der Waals surface area (Å²) in [7, 11) is 1.91. The molecule has 0 aliphatic heterocycles. The molecule has 0 saturated carbocycles. The highest BCUT2D eigenvalue weighted by Crippen LogP contribution is 2.30. The van der Waals surface area contributed by atoms with Gasteiger partial charge < -0.3 is 9.38 Å². The van der Waals surface area contributed by atoms with Crippen LogP contribution in [0.15, 0.2) is 61.6 Å². The zero-order valence-electron chi connectivity index (χ0n) is 13.0. The summed E-state index contributed by atoms with van der Waals surface area (Å²) in [6.07, 6.45) is 13.6. The number of hydrogen-bond donors (Lipinski definition) is 1. The van der Waals surface area contributed by atoms with Crippen LogP contribution in [0.1, 0.15) is 0 Å². The van der Waals surface area contributed by atoms with Gasteiger partial charge in [-0.25, -0.2) is 9.97 Å². The Hall–Kier alpha value is -3.41. The third kappa shape index (κ3) is 1.93. The molecule has 0 aliphatic carbocycles. The Bertz CT molecular complexity index is 1180. The van der Waals surface area contributed by atoms with Gasteiger partial charge in [0.25, 0.3) is 0 Å². The van der Waals surface area contributed by atoms with E-state index in [-0.39, 0.29) is 0 Å². The summed E-state index contributed by atoms with van der Waals surface area (Å²) >= 11 is 0. The lowest BCUT2D eigenvalue weighted by Crippen LogP contribution is -1.86. The van der Waals surface area contributed by atoms with Gasteiger partial charge in [-0.1, -0.05) is 0 Å². The molecule has 24 heavy (non-hydrogen) atoms. The largest absolute Gasteiger partial charge is 0.346 e. The number of rotatable bonds is 2. The molecular formula is C18H14N6. The first-order chi connectivity index (χ1) is 11.8. The molecule has 0 bridgehead atoms. The summed E-state index contributed by atoms with van der Waals surface area (Å²) in [5.41, 5.74) is 6.18. The zero-order valence-corrected chi connectivity index (χ0v) is 13.0. The van der Waals surface area contributed by atoms with Crippen LogP contribution in [0.5, 0.6) is 0 Å². The fourth-order valence-electron chi connectivity index (χ4n) is 3.05. The van der Waals surface area contributed by atoms with Gasteiger partial charge >= 0.3 is 0 Å². The van der Waals surface area contributed by atoms with E-state index in [9.17, 15) is 0 Å². The second-order valence-corrected chi connectivity index (χ2v) is 5.84. The van der Waals surface area contributed by atoms with Crippen LogP contribution in [0.4, 0.5) is 0 Å². The number of aromatic amines is 1. The first kappa shape index (κ1) is 13.1. The van der Waals surface area contributed by atoms with Crippen molar-refractivity contribution in [2.24, 2.45) is 7.05 Å². The molecule has 6 nitrogen and oxygen atoms in total. The number of imidazole rings is 1. The number of fused-ring (bicyclic) bond motifs is 2. The van der Waals surface area contributed by atoms with E-state index in [1.165, 1.54) is 0 Å². The van der Waals surface area contributed by atoms with E-state index in [2.05, 4.69) is 38.4 Å². The van der Waals surface area contributed by atoms with Crippen LogP contribution in [0.3, 0.4) is 0 Å². The van der Waals surface area contributed by atoms with Crippen molar-refractivity contribution in [2.75, 3.05) is 0 Å². The Morgan fingerprint density at radius 3 is 2.83 bits per heavy atom. The number of H-pyrrole nitrogens is 1. The van der Waals surface area contributed by atoms with Gasteiger partial charge in [-0.15, -0.1) is 0 Å². The van der Waals surface area contributed by atoms with Crippen molar-refractivity contribution in [2.45, 2.75) is 0 Å². The van der Waals surface area contributed by atoms with E-state index in [0.29, 0.717) is 0 Å². The van der Waals surface area contributed by atoms with Crippen molar-refractivity contribution in [3.8, 4) is 22.3 Å². The van der Waals surface area contributed by atoms with Crippen LogP contribution in [0.25, 0.3) is 38.9 Å². The topological polar surface area (TPSA) is 63.8 Å². The summed E-state index contributed by atoms with van der Waals surface area (Å²) in [5, 5.41) is 5.33. The fourth-order valence-corrected chi connectivity index (χ4v) is 3.05. The van der Waals surface area contributed by atoms with Gasteiger partial charge in [0.2, 0.25) is 0 Å². The zero-order chi connectivity index (χ0) is 16.1. The van der Waals surface area contributed by atoms with E-state index in [4.69, 9.17) is 0 Å². The van der Waals surface area contributed by atoms with Crippen LogP contribution >= 0.6 is 0 Å². The second-order valence-electron chi connectivity index (χ2n) is 5.84. The van der Waals surface area contributed by atoms with Crippen LogP contribution in [-0.2, 0) is 7.05 Å². The predicted molar refractivity (Wildman–Crippen MR) is 92.5 cm³/mol. The molecule has 5 aromatic heterocycles. The summed E-state index contributed by atoms with van der Waals surface area (Å²) in [4.78, 5) is 12.1. The van der Waals surface area contributed by atoms with E-state index in [1.54, 1.807) is 10.9 Å². The molecule has 6 heteroatoms. The van der Waals surface area contributed by atoms with E-state index < -0.39 is 0 Å². The third-order valence-electron chi connectivity index (χ3n) is 4.27. The molecular weight excluding hydrogens is 300 g/mol. The molecule has 0 amide bonds. The monoisotopic (exact) mass is 314 g/mol. The molecule has 0 saturated heterocycles. The maximum Gasteiger partial charge on any atom is 0.137 e. The highest BCUT2D eigenvalue weighted by Gasteiger charge is 2.10. The summed E-state index contributed by atoms with van der Waals surface area (Å²) < 4.78 is 3.82. The third-order valence-corrected chi connectivity index (χ3v) is 4.27. The Balaban J connectivity index is 1.70. The van der Waals surface area contributed by atoms with Gasteiger partial charge in [0, 0.05) is 71.9 Å². The summed E-state index contributed by atoms with van der Waals surface area (Å²) in [6, 6.07) is 6.26. The minimum Gasteiger partial charge on any atom is -0.346 e. The normalized spacial score (nSPS) is 11.5. The molecule has 0 radical (unpaired) electrons. The smallest absolute Gasteiger partial charge is 0.137 e. The predicted octanol–water partition coefficient (Wildman–Crippen LogP) is 3.28. The Kier molecular flexibility index (Phi) is 2.61. The van der Waals surface area contributed by atoms with Crippen molar-refractivity contribution >= 4 is 16.7 Å². The Morgan fingerprint density at radius 1 is 1.00 bits per heavy atom. The SMILES string of the molecule is Cn1cc(-c2cnc3[nH]cc(-c4ccc5nccn5c4)c3c2)cn1. The van der Waals surface area contributed by atoms with Crippen molar-refractivity contribution in [1.82, 2.24) is 29.1 Å².